The molecule has 1 aromatic carbocycles. The topological polar surface area (TPSA) is 108 Å². The molecule has 2 aliphatic rings. The number of ether oxygens (including phenoxy) is 2. The number of nitrogen functional groups attached to an aromatic ring is 1. The van der Waals surface area contributed by atoms with Crippen LogP contribution in [0.15, 0.2) is 29.4 Å². The lowest BCUT2D eigenvalue weighted by Crippen LogP contribution is -2.47. The van der Waals surface area contributed by atoms with Crippen LogP contribution in [-0.2, 0) is 21.6 Å². The van der Waals surface area contributed by atoms with Crippen molar-refractivity contribution >= 4 is 50.2 Å². The number of hydrogen-bond donors (Lipinski definition) is 1. The molecule has 2 N–H and O–H groups in total. The summed E-state index contributed by atoms with van der Waals surface area (Å²) in [7, 11) is -3.12. The number of halogens is 2. The van der Waals surface area contributed by atoms with Crippen LogP contribution >= 0.6 is 11.8 Å². The number of aliphatic imine (C=N–C) groups is 1. The van der Waals surface area contributed by atoms with E-state index in [1.54, 1.807) is 25.5 Å². The van der Waals surface area contributed by atoms with Gasteiger partial charge in [0.15, 0.2) is 5.17 Å². The van der Waals surface area contributed by atoms with E-state index in [-0.39, 0.29) is 23.4 Å². The first-order valence-electron chi connectivity index (χ1n) is 14.7. The largest absolute Gasteiger partial charge is 0.443 e. The van der Waals surface area contributed by atoms with Gasteiger partial charge in [-0.3, -0.25) is 4.68 Å². The molecule has 1 saturated carbocycles. The van der Waals surface area contributed by atoms with Gasteiger partial charge in [-0.25, -0.2) is 23.5 Å². The van der Waals surface area contributed by atoms with Crippen LogP contribution in [0.2, 0.25) is 45.3 Å². The minimum Gasteiger partial charge on any atom is -0.443 e. The maximum atomic E-state index is 15.5. The zero-order valence-electron chi connectivity index (χ0n) is 26.8. The fourth-order valence-electron chi connectivity index (χ4n) is 5.13. The minimum atomic E-state index is -1.72. The van der Waals surface area contributed by atoms with Crippen molar-refractivity contribution in [2.45, 2.75) is 94.9 Å². The molecule has 0 radical (unpaired) electrons. The molecular weight excluding hydrogens is 607 g/mol. The predicted octanol–water partition coefficient (Wildman–Crippen LogP) is 5.82. The lowest BCUT2D eigenvalue weighted by molar-refractivity contribution is 0.0109. The molecule has 2 heterocycles. The van der Waals surface area contributed by atoms with Gasteiger partial charge in [-0.2, -0.15) is 0 Å². The number of carbonyl (C=O) groups excluding carboxylic acids is 1. The molecule has 3 atom stereocenters. The highest BCUT2D eigenvalue weighted by Crippen LogP contribution is 2.67. The van der Waals surface area contributed by atoms with Crippen LogP contribution in [0.25, 0.3) is 0 Å². The minimum absolute atomic E-state index is 0.0739. The van der Waals surface area contributed by atoms with Crippen molar-refractivity contribution in [1.82, 2.24) is 19.9 Å². The zero-order valence-corrected chi connectivity index (χ0v) is 29.6. The van der Waals surface area contributed by atoms with Crippen LogP contribution in [0.1, 0.15) is 32.8 Å². The third-order valence-corrected chi connectivity index (χ3v) is 12.6. The van der Waals surface area contributed by atoms with Gasteiger partial charge in [-0.1, -0.05) is 56.3 Å². The van der Waals surface area contributed by atoms with Crippen molar-refractivity contribution in [2.24, 2.45) is 10.9 Å². The number of aromatic nitrogens is 3. The molecule has 1 fully saturated rings. The number of alkyl halides is 1. The number of carbonyl (C=O) groups is 1. The van der Waals surface area contributed by atoms with E-state index in [1.165, 1.54) is 34.9 Å². The van der Waals surface area contributed by atoms with Crippen molar-refractivity contribution in [2.75, 3.05) is 25.7 Å². The van der Waals surface area contributed by atoms with Gasteiger partial charge in [0.2, 0.25) is 0 Å². The van der Waals surface area contributed by atoms with Gasteiger partial charge in [0, 0.05) is 42.8 Å². The van der Waals surface area contributed by atoms with Crippen LogP contribution in [-0.4, -0.2) is 77.7 Å². The number of fused-ring (bicyclic) bond motifs is 1. The number of thioether (sulfide) groups is 1. The Morgan fingerprint density at radius 2 is 1.93 bits per heavy atom. The first kappa shape index (κ1) is 33.6. The first-order chi connectivity index (χ1) is 19.8. The average Bonchev–Trinajstić information content (AvgIpc) is 3.38. The van der Waals surface area contributed by atoms with Crippen molar-refractivity contribution in [3.63, 3.8) is 0 Å². The quantitative estimate of drug-likeness (QED) is 0.149. The Bertz CT molecular complexity index is 1370. The molecule has 1 aliphatic heterocycles. The molecule has 0 spiro atoms. The van der Waals surface area contributed by atoms with Crippen LogP contribution in [0.5, 0.6) is 0 Å². The highest BCUT2D eigenvalue weighted by molar-refractivity contribution is 8.15. The number of amides is 1. The predicted molar refractivity (Wildman–Crippen MR) is 174 cm³/mol. The molecule has 9 nitrogen and oxygen atoms in total. The van der Waals surface area contributed by atoms with Gasteiger partial charge >= 0.3 is 6.09 Å². The number of anilines is 1. The maximum Gasteiger partial charge on any atom is 0.418 e. The van der Waals surface area contributed by atoms with E-state index in [2.05, 4.69) is 49.6 Å². The molecule has 1 aliphatic carbocycles. The molecular formula is C29H46F2N6O3SSi2. The van der Waals surface area contributed by atoms with E-state index in [0.717, 1.165) is 11.4 Å². The van der Waals surface area contributed by atoms with Gasteiger partial charge in [-0.15, -0.1) is 5.10 Å². The molecule has 2 aromatic rings. The normalized spacial score (nSPS) is 23.9. The second-order valence-electron chi connectivity index (χ2n) is 14.9. The summed E-state index contributed by atoms with van der Waals surface area (Å²) in [5.74, 6) is -0.970. The molecule has 1 aromatic heterocycles. The van der Waals surface area contributed by atoms with E-state index in [9.17, 15) is 4.79 Å². The second kappa shape index (κ2) is 11.9. The Hall–Kier alpha value is -2.30. The monoisotopic (exact) mass is 652 g/mol. The van der Waals surface area contributed by atoms with Crippen LogP contribution < -0.4 is 11.1 Å². The van der Waals surface area contributed by atoms with Gasteiger partial charge in [0.05, 0.1) is 11.9 Å². The lowest BCUT2D eigenvalue weighted by atomic mass is 9.84. The summed E-state index contributed by atoms with van der Waals surface area (Å²) in [6.45, 7) is 18.4. The second-order valence-corrected chi connectivity index (χ2v) is 26.9. The SMILES string of the molecule is CC(C)(C)OC(=O)N(COCC[Si](C)(C)C)C1=N[C@](CF)(c2cc(N)ccc2F)C2CC2(Cn2cc([Si](C)(C)C)nn2)S1. The third kappa shape index (κ3) is 7.68. The molecule has 43 heavy (non-hydrogen) atoms. The summed E-state index contributed by atoms with van der Waals surface area (Å²) >= 11 is 1.37. The van der Waals surface area contributed by atoms with E-state index in [0.29, 0.717) is 25.3 Å². The Morgan fingerprint density at radius 1 is 1.23 bits per heavy atom. The van der Waals surface area contributed by atoms with E-state index in [1.807, 2.05) is 6.20 Å². The Kier molecular flexibility index (Phi) is 9.29. The summed E-state index contributed by atoms with van der Waals surface area (Å²) < 4.78 is 43.9. The Morgan fingerprint density at radius 3 is 2.51 bits per heavy atom. The molecule has 0 bridgehead atoms. The number of amidine groups is 1. The summed E-state index contributed by atoms with van der Waals surface area (Å²) in [6, 6.07) is 5.04. The summed E-state index contributed by atoms with van der Waals surface area (Å²) in [4.78, 5) is 19.8. The van der Waals surface area contributed by atoms with Gasteiger partial charge < -0.3 is 15.2 Å². The van der Waals surface area contributed by atoms with Gasteiger partial charge in [-0.05, 0) is 51.4 Å². The number of hydrogen-bond acceptors (Lipinski definition) is 8. The molecule has 238 valence electrons. The highest BCUT2D eigenvalue weighted by atomic mass is 32.2. The molecule has 14 heteroatoms. The smallest absolute Gasteiger partial charge is 0.418 e. The van der Waals surface area contributed by atoms with Gasteiger partial charge in [0.1, 0.15) is 38.4 Å². The molecule has 0 saturated heterocycles. The summed E-state index contributed by atoms with van der Waals surface area (Å²) in [6.07, 6.45) is 1.82. The average molecular weight is 653 g/mol. The number of rotatable bonds is 10. The maximum absolute atomic E-state index is 15.5. The van der Waals surface area contributed by atoms with Crippen molar-refractivity contribution < 1.29 is 23.0 Å². The standard InChI is InChI=1S/C29H46F2N6O3SSi2/c1-27(2,3)40-26(38)37(19-39-12-13-42(4,5)6)25-33-29(17-30,21-14-20(32)10-11-22(21)31)23-15-28(23,41-25)18-36-16-24(34-35-36)43(7,8)9/h10-11,14,16,23H,12-13,15,17-19,32H2,1-9H3/t23?,28?,29-/m1/s1. The van der Waals surface area contributed by atoms with Crippen LogP contribution in [0, 0.1) is 11.7 Å². The van der Waals surface area contributed by atoms with E-state index in [4.69, 9.17) is 20.2 Å². The van der Waals surface area contributed by atoms with E-state index >= 15 is 8.78 Å². The van der Waals surface area contributed by atoms with Crippen LogP contribution in [0.3, 0.4) is 0 Å². The fourth-order valence-corrected chi connectivity index (χ4v) is 8.36. The van der Waals surface area contributed by atoms with Crippen molar-refractivity contribution in [1.29, 1.82) is 0 Å². The number of nitrogens with two attached hydrogens (primary N) is 1. The molecule has 2 unspecified atom stereocenters. The molecule has 4 rings (SSSR count). The van der Waals surface area contributed by atoms with Crippen molar-refractivity contribution in [3.05, 3.63) is 35.8 Å². The Labute approximate surface area is 260 Å². The lowest BCUT2D eigenvalue weighted by Gasteiger charge is -2.38. The fraction of sp³-hybridized carbons (Fsp3) is 0.655. The summed E-state index contributed by atoms with van der Waals surface area (Å²) in [5, 5.41) is 10.00. The third-order valence-electron chi connectivity index (χ3n) is 7.65. The highest BCUT2D eigenvalue weighted by Gasteiger charge is 2.69. The van der Waals surface area contributed by atoms with Gasteiger partial charge in [0.25, 0.3) is 0 Å². The van der Waals surface area contributed by atoms with E-state index < -0.39 is 50.6 Å². The number of nitrogens with zero attached hydrogens (tertiary/aromatic N) is 5. The Balaban J connectivity index is 1.78. The molecule has 1 amide bonds. The van der Waals surface area contributed by atoms with Crippen molar-refractivity contribution in [3.8, 4) is 0 Å². The number of benzene rings is 1. The zero-order chi connectivity index (χ0) is 32.0. The first-order valence-corrected chi connectivity index (χ1v) is 22.7. The summed E-state index contributed by atoms with van der Waals surface area (Å²) in [5.41, 5.74) is 4.06. The van der Waals surface area contributed by atoms with Crippen LogP contribution in [0.4, 0.5) is 19.3 Å².